The van der Waals surface area contributed by atoms with Crippen LogP contribution in [0.3, 0.4) is 0 Å². The fourth-order valence-corrected chi connectivity index (χ4v) is 1.79. The third kappa shape index (κ3) is 2.91. The summed E-state index contributed by atoms with van der Waals surface area (Å²) in [5.74, 6) is -1.15. The Labute approximate surface area is 120 Å². The van der Waals surface area contributed by atoms with Crippen LogP contribution in [0, 0.1) is 0 Å². The number of methoxy groups -OCH3 is 1. The summed E-state index contributed by atoms with van der Waals surface area (Å²) in [5, 5.41) is 17.1. The summed E-state index contributed by atoms with van der Waals surface area (Å²) in [6.45, 7) is 1.77. The number of esters is 1. The number of carbonyl (C=O) groups excluding carboxylic acids is 2. The lowest BCUT2D eigenvalue weighted by Gasteiger charge is -2.07. The topological polar surface area (TPSA) is 97.5 Å². The first-order chi connectivity index (χ1) is 10.1. The maximum atomic E-state index is 12.2. The molecule has 7 heteroatoms. The number of aliphatic hydroxyl groups excluding tert-OH is 1. The molecule has 1 N–H and O–H groups in total. The SMILES string of the molecule is CCOC(=O)C1=C(O)[C@@H](C(=O)c2ccc(OC)cc2)N=N1. The number of hydrogen-bond acceptors (Lipinski definition) is 7. The number of Topliss-reactive ketones (excluding diaryl/α,β-unsaturated/α-hetero) is 1. The summed E-state index contributed by atoms with van der Waals surface area (Å²) in [7, 11) is 1.52. The standard InChI is InChI=1S/C14H14N2O5/c1-3-21-14(19)11-13(18)10(15-16-11)12(17)8-4-6-9(20-2)7-5-8/h4-7,10,18H,3H2,1-2H3/t10-/m1/s1. The second-order valence-corrected chi connectivity index (χ2v) is 4.17. The molecule has 1 aromatic carbocycles. The Morgan fingerprint density at radius 3 is 2.52 bits per heavy atom. The first kappa shape index (κ1) is 14.7. The zero-order valence-electron chi connectivity index (χ0n) is 11.6. The molecule has 0 saturated carbocycles. The van der Waals surface area contributed by atoms with Crippen LogP contribution in [-0.4, -0.2) is 36.6 Å². The molecule has 1 heterocycles. The number of nitrogens with zero attached hydrogens (tertiary/aromatic N) is 2. The van der Waals surface area contributed by atoms with Crippen molar-refractivity contribution in [2.45, 2.75) is 13.0 Å². The highest BCUT2D eigenvalue weighted by Crippen LogP contribution is 2.24. The van der Waals surface area contributed by atoms with Crippen molar-refractivity contribution in [2.75, 3.05) is 13.7 Å². The number of benzene rings is 1. The molecule has 1 aliphatic heterocycles. The highest BCUT2D eigenvalue weighted by atomic mass is 16.5. The van der Waals surface area contributed by atoms with Crippen molar-refractivity contribution in [1.29, 1.82) is 0 Å². The molecule has 0 radical (unpaired) electrons. The van der Waals surface area contributed by atoms with Gasteiger partial charge in [0.15, 0.2) is 17.6 Å². The number of azo groups is 1. The summed E-state index contributed by atoms with van der Waals surface area (Å²) in [6, 6.07) is 5.12. The van der Waals surface area contributed by atoms with Crippen LogP contribution < -0.4 is 4.74 Å². The fraction of sp³-hybridized carbons (Fsp3) is 0.286. The maximum Gasteiger partial charge on any atom is 0.362 e. The number of aliphatic hydroxyl groups is 1. The van der Waals surface area contributed by atoms with Crippen LogP contribution in [0.2, 0.25) is 0 Å². The summed E-state index contributed by atoms with van der Waals surface area (Å²) < 4.78 is 9.72. The van der Waals surface area contributed by atoms with E-state index in [2.05, 4.69) is 10.2 Å². The van der Waals surface area contributed by atoms with Crippen molar-refractivity contribution in [3.8, 4) is 5.75 Å². The Morgan fingerprint density at radius 1 is 1.29 bits per heavy atom. The number of rotatable bonds is 5. The van der Waals surface area contributed by atoms with Crippen LogP contribution in [0.4, 0.5) is 0 Å². The molecule has 0 aliphatic carbocycles. The lowest BCUT2D eigenvalue weighted by atomic mass is 10.0. The predicted octanol–water partition coefficient (Wildman–Crippen LogP) is 2.04. The van der Waals surface area contributed by atoms with E-state index in [-0.39, 0.29) is 12.3 Å². The van der Waals surface area contributed by atoms with Crippen LogP contribution in [-0.2, 0) is 9.53 Å². The molecule has 0 bridgehead atoms. The minimum absolute atomic E-state index is 0.141. The second kappa shape index (κ2) is 6.17. The van der Waals surface area contributed by atoms with Gasteiger partial charge in [-0.05, 0) is 31.2 Å². The van der Waals surface area contributed by atoms with Gasteiger partial charge in [-0.25, -0.2) is 4.79 Å². The Morgan fingerprint density at radius 2 is 1.95 bits per heavy atom. The average Bonchev–Trinajstić information content (AvgIpc) is 2.88. The molecule has 7 nitrogen and oxygen atoms in total. The van der Waals surface area contributed by atoms with E-state index in [0.29, 0.717) is 11.3 Å². The van der Waals surface area contributed by atoms with Gasteiger partial charge in [0.1, 0.15) is 5.75 Å². The number of hydrogen-bond donors (Lipinski definition) is 1. The highest BCUT2D eigenvalue weighted by Gasteiger charge is 2.34. The van der Waals surface area contributed by atoms with Gasteiger partial charge in [0.05, 0.1) is 13.7 Å². The number of carbonyl (C=O) groups is 2. The van der Waals surface area contributed by atoms with E-state index in [1.807, 2.05) is 0 Å². The van der Waals surface area contributed by atoms with Gasteiger partial charge in [-0.15, -0.1) is 5.11 Å². The molecule has 1 atom stereocenters. The molecule has 1 aliphatic rings. The van der Waals surface area contributed by atoms with E-state index in [0.717, 1.165) is 0 Å². The van der Waals surface area contributed by atoms with Gasteiger partial charge in [0.25, 0.3) is 0 Å². The molecule has 21 heavy (non-hydrogen) atoms. The van der Waals surface area contributed by atoms with Crippen LogP contribution in [0.25, 0.3) is 0 Å². The van der Waals surface area contributed by atoms with E-state index in [4.69, 9.17) is 9.47 Å². The van der Waals surface area contributed by atoms with Gasteiger partial charge in [-0.1, -0.05) is 0 Å². The molecule has 2 rings (SSSR count). The third-order valence-electron chi connectivity index (χ3n) is 2.87. The number of ether oxygens (including phenoxy) is 2. The van der Waals surface area contributed by atoms with Gasteiger partial charge >= 0.3 is 5.97 Å². The van der Waals surface area contributed by atoms with Crippen molar-refractivity contribution >= 4 is 11.8 Å². The number of ketones is 1. The monoisotopic (exact) mass is 290 g/mol. The highest BCUT2D eigenvalue weighted by molar-refractivity contribution is 6.03. The molecule has 1 aromatic rings. The molecular weight excluding hydrogens is 276 g/mol. The van der Waals surface area contributed by atoms with Crippen molar-refractivity contribution in [3.63, 3.8) is 0 Å². The molecule has 0 amide bonds. The largest absolute Gasteiger partial charge is 0.507 e. The van der Waals surface area contributed by atoms with Gasteiger partial charge in [-0.2, -0.15) is 5.11 Å². The van der Waals surface area contributed by atoms with Gasteiger partial charge in [0, 0.05) is 5.56 Å². The maximum absolute atomic E-state index is 12.2. The lowest BCUT2D eigenvalue weighted by molar-refractivity contribution is -0.138. The predicted molar refractivity (Wildman–Crippen MR) is 72.3 cm³/mol. The molecule has 0 saturated heterocycles. The summed E-state index contributed by atoms with van der Waals surface area (Å²) in [5.41, 5.74) is 0.000112. The third-order valence-corrected chi connectivity index (χ3v) is 2.87. The summed E-state index contributed by atoms with van der Waals surface area (Å²) in [4.78, 5) is 23.8. The summed E-state index contributed by atoms with van der Waals surface area (Å²) >= 11 is 0. The minimum atomic E-state index is -1.21. The van der Waals surface area contributed by atoms with Crippen LogP contribution in [0.5, 0.6) is 5.75 Å². The molecule has 0 spiro atoms. The van der Waals surface area contributed by atoms with Crippen molar-refractivity contribution in [1.82, 2.24) is 0 Å². The van der Waals surface area contributed by atoms with E-state index >= 15 is 0 Å². The quantitative estimate of drug-likeness (QED) is 0.661. The Kier molecular flexibility index (Phi) is 4.32. The zero-order valence-corrected chi connectivity index (χ0v) is 11.6. The van der Waals surface area contributed by atoms with E-state index in [9.17, 15) is 14.7 Å². The normalized spacial score (nSPS) is 17.0. The molecule has 110 valence electrons. The first-order valence-corrected chi connectivity index (χ1v) is 6.27. The lowest BCUT2D eigenvalue weighted by Crippen LogP contribution is -2.20. The average molecular weight is 290 g/mol. The van der Waals surface area contributed by atoms with Gasteiger partial charge < -0.3 is 14.6 Å². The summed E-state index contributed by atoms with van der Waals surface area (Å²) in [6.07, 6.45) is 0. The molecule has 0 aromatic heterocycles. The van der Waals surface area contributed by atoms with Crippen molar-refractivity contribution in [2.24, 2.45) is 10.2 Å². The van der Waals surface area contributed by atoms with Gasteiger partial charge in [0.2, 0.25) is 5.70 Å². The van der Waals surface area contributed by atoms with Gasteiger partial charge in [-0.3, -0.25) is 4.79 Å². The Balaban J connectivity index is 2.20. The Hall–Kier alpha value is -2.70. The molecule has 0 unspecified atom stereocenters. The van der Waals surface area contributed by atoms with E-state index in [1.54, 1.807) is 31.2 Å². The van der Waals surface area contributed by atoms with Crippen molar-refractivity contribution < 1.29 is 24.2 Å². The Bertz CT molecular complexity index is 619. The smallest absolute Gasteiger partial charge is 0.362 e. The van der Waals surface area contributed by atoms with Crippen LogP contribution in [0.1, 0.15) is 17.3 Å². The fourth-order valence-electron chi connectivity index (χ4n) is 1.79. The second-order valence-electron chi connectivity index (χ2n) is 4.17. The molecule has 0 fully saturated rings. The van der Waals surface area contributed by atoms with Crippen LogP contribution >= 0.6 is 0 Å². The van der Waals surface area contributed by atoms with E-state index < -0.39 is 23.6 Å². The van der Waals surface area contributed by atoms with Crippen LogP contribution in [0.15, 0.2) is 46.0 Å². The van der Waals surface area contributed by atoms with E-state index in [1.165, 1.54) is 7.11 Å². The van der Waals surface area contributed by atoms with Crippen molar-refractivity contribution in [3.05, 3.63) is 41.3 Å². The molecular formula is C14H14N2O5. The first-order valence-electron chi connectivity index (χ1n) is 6.27. The minimum Gasteiger partial charge on any atom is -0.507 e. The zero-order chi connectivity index (χ0) is 15.4.